The van der Waals surface area contributed by atoms with Gasteiger partial charge in [-0.05, 0) is 38.0 Å². The Bertz CT molecular complexity index is 597. The molecule has 0 atom stereocenters. The van der Waals surface area contributed by atoms with E-state index in [2.05, 4.69) is 4.98 Å². The van der Waals surface area contributed by atoms with E-state index in [0.717, 1.165) is 22.9 Å². The van der Waals surface area contributed by atoms with Gasteiger partial charge in [-0.15, -0.1) is 0 Å². The van der Waals surface area contributed by atoms with Crippen LogP contribution in [-0.4, -0.2) is 10.8 Å². The molecule has 0 unspecified atom stereocenters. The zero-order chi connectivity index (χ0) is 13.3. The van der Waals surface area contributed by atoms with Crippen LogP contribution < -0.4 is 0 Å². The van der Waals surface area contributed by atoms with Gasteiger partial charge in [0.25, 0.3) is 0 Å². The normalized spacial score (nSPS) is 10.4. The fourth-order valence-electron chi connectivity index (χ4n) is 2.22. The minimum absolute atomic E-state index is 0.183. The second-order valence-electron chi connectivity index (χ2n) is 4.49. The number of carbonyl (C=O) groups is 1. The van der Waals surface area contributed by atoms with Crippen molar-refractivity contribution in [3.63, 3.8) is 0 Å². The van der Waals surface area contributed by atoms with Gasteiger partial charge in [0.2, 0.25) is 0 Å². The summed E-state index contributed by atoms with van der Waals surface area (Å²) in [5.41, 5.74) is 3.83. The Morgan fingerprint density at radius 3 is 2.22 bits per heavy atom. The maximum atomic E-state index is 13.1. The highest BCUT2D eigenvalue weighted by Crippen LogP contribution is 2.20. The molecule has 0 radical (unpaired) electrons. The SMILES string of the molecule is Cc1cc(C)c(C(=O)c2cncc(F)c2)c(C)c1. The number of halogens is 1. The number of aromatic nitrogens is 1. The Morgan fingerprint density at radius 2 is 1.67 bits per heavy atom. The molecule has 0 aliphatic rings. The van der Waals surface area contributed by atoms with Gasteiger partial charge in [0.05, 0.1) is 6.20 Å². The molecule has 1 heterocycles. The smallest absolute Gasteiger partial charge is 0.195 e. The van der Waals surface area contributed by atoms with Crippen molar-refractivity contribution in [2.75, 3.05) is 0 Å². The number of ketones is 1. The molecule has 0 N–H and O–H groups in total. The van der Waals surface area contributed by atoms with Gasteiger partial charge in [0, 0.05) is 17.3 Å². The lowest BCUT2D eigenvalue weighted by Crippen LogP contribution is -2.07. The first-order valence-electron chi connectivity index (χ1n) is 5.72. The molecule has 0 saturated heterocycles. The van der Waals surface area contributed by atoms with Crippen molar-refractivity contribution in [2.24, 2.45) is 0 Å². The van der Waals surface area contributed by atoms with Crippen molar-refractivity contribution < 1.29 is 9.18 Å². The molecular weight excluding hydrogens is 229 g/mol. The number of benzene rings is 1. The Morgan fingerprint density at radius 1 is 1.06 bits per heavy atom. The molecular formula is C15H14FNO. The van der Waals surface area contributed by atoms with E-state index in [4.69, 9.17) is 0 Å². The van der Waals surface area contributed by atoms with Crippen LogP contribution in [0.2, 0.25) is 0 Å². The van der Waals surface area contributed by atoms with Crippen molar-refractivity contribution >= 4 is 5.78 Å². The Balaban J connectivity index is 2.53. The van der Waals surface area contributed by atoms with Crippen LogP contribution in [0.4, 0.5) is 4.39 Å². The van der Waals surface area contributed by atoms with Crippen molar-refractivity contribution in [3.8, 4) is 0 Å². The molecule has 2 nitrogen and oxygen atoms in total. The van der Waals surface area contributed by atoms with Gasteiger partial charge in [0.1, 0.15) is 5.82 Å². The fraction of sp³-hybridized carbons (Fsp3) is 0.200. The number of pyridine rings is 1. The van der Waals surface area contributed by atoms with Gasteiger partial charge in [-0.1, -0.05) is 17.7 Å². The van der Waals surface area contributed by atoms with Crippen LogP contribution in [-0.2, 0) is 0 Å². The van der Waals surface area contributed by atoms with E-state index in [-0.39, 0.29) is 11.3 Å². The number of hydrogen-bond donors (Lipinski definition) is 0. The van der Waals surface area contributed by atoms with Crippen LogP contribution in [0.1, 0.15) is 32.6 Å². The Hall–Kier alpha value is -2.03. The summed E-state index contributed by atoms with van der Waals surface area (Å²) in [7, 11) is 0. The summed E-state index contributed by atoms with van der Waals surface area (Å²) in [5, 5.41) is 0. The van der Waals surface area contributed by atoms with Crippen molar-refractivity contribution in [1.82, 2.24) is 4.98 Å². The topological polar surface area (TPSA) is 30.0 Å². The molecule has 18 heavy (non-hydrogen) atoms. The Labute approximate surface area is 105 Å². The number of rotatable bonds is 2. The molecule has 0 aliphatic heterocycles. The zero-order valence-corrected chi connectivity index (χ0v) is 10.6. The Kier molecular flexibility index (Phi) is 3.24. The summed E-state index contributed by atoms with van der Waals surface area (Å²) in [4.78, 5) is 16.1. The molecule has 1 aromatic carbocycles. The molecule has 0 bridgehead atoms. The third-order valence-electron chi connectivity index (χ3n) is 2.87. The highest BCUT2D eigenvalue weighted by Gasteiger charge is 2.15. The van der Waals surface area contributed by atoms with Crippen LogP contribution in [0.3, 0.4) is 0 Å². The van der Waals surface area contributed by atoms with Gasteiger partial charge in [-0.2, -0.15) is 0 Å². The van der Waals surface area contributed by atoms with Crippen LogP contribution in [0.5, 0.6) is 0 Å². The number of nitrogens with zero attached hydrogens (tertiary/aromatic N) is 1. The predicted molar refractivity (Wildman–Crippen MR) is 68.3 cm³/mol. The lowest BCUT2D eigenvalue weighted by atomic mass is 9.94. The minimum atomic E-state index is -0.497. The molecule has 1 aromatic heterocycles. The predicted octanol–water partition coefficient (Wildman–Crippen LogP) is 3.38. The monoisotopic (exact) mass is 243 g/mol. The van der Waals surface area contributed by atoms with Crippen molar-refractivity contribution in [1.29, 1.82) is 0 Å². The largest absolute Gasteiger partial charge is 0.289 e. The van der Waals surface area contributed by atoms with Gasteiger partial charge in [-0.25, -0.2) is 4.39 Å². The van der Waals surface area contributed by atoms with Crippen molar-refractivity contribution in [3.05, 3.63) is 64.2 Å². The molecule has 0 amide bonds. The van der Waals surface area contributed by atoms with E-state index in [0.29, 0.717) is 5.56 Å². The summed E-state index contributed by atoms with van der Waals surface area (Å²) in [6.07, 6.45) is 2.48. The van der Waals surface area contributed by atoms with Gasteiger partial charge < -0.3 is 0 Å². The maximum absolute atomic E-state index is 13.1. The van der Waals surface area contributed by atoms with E-state index >= 15 is 0 Å². The average molecular weight is 243 g/mol. The van der Waals surface area contributed by atoms with Gasteiger partial charge in [-0.3, -0.25) is 9.78 Å². The summed E-state index contributed by atoms with van der Waals surface area (Å²) < 4.78 is 13.1. The van der Waals surface area contributed by atoms with Gasteiger partial charge in [0.15, 0.2) is 5.78 Å². The first-order valence-corrected chi connectivity index (χ1v) is 5.72. The third-order valence-corrected chi connectivity index (χ3v) is 2.87. The first kappa shape index (κ1) is 12.4. The lowest BCUT2D eigenvalue weighted by Gasteiger charge is -2.10. The van der Waals surface area contributed by atoms with Crippen LogP contribution in [0.25, 0.3) is 0 Å². The fourth-order valence-corrected chi connectivity index (χ4v) is 2.22. The maximum Gasteiger partial charge on any atom is 0.195 e. The number of carbonyl (C=O) groups excluding carboxylic acids is 1. The molecule has 92 valence electrons. The number of aryl methyl sites for hydroxylation is 3. The molecule has 0 spiro atoms. The van der Waals surface area contributed by atoms with E-state index in [1.54, 1.807) is 0 Å². The summed E-state index contributed by atoms with van der Waals surface area (Å²) in [6, 6.07) is 5.12. The van der Waals surface area contributed by atoms with Crippen LogP contribution in [0.15, 0.2) is 30.6 Å². The minimum Gasteiger partial charge on any atom is -0.289 e. The highest BCUT2D eigenvalue weighted by atomic mass is 19.1. The summed E-state index contributed by atoms with van der Waals surface area (Å²) in [5.74, 6) is -0.680. The quantitative estimate of drug-likeness (QED) is 0.757. The standard InChI is InChI=1S/C15H14FNO/c1-9-4-10(2)14(11(3)5-9)15(18)12-6-13(16)8-17-7-12/h4-8H,1-3H3. The van der Waals surface area contributed by atoms with Crippen LogP contribution >= 0.6 is 0 Å². The highest BCUT2D eigenvalue weighted by molar-refractivity contribution is 6.10. The molecule has 3 heteroatoms. The summed E-state index contributed by atoms with van der Waals surface area (Å²) in [6.45, 7) is 5.76. The molecule has 0 saturated carbocycles. The average Bonchev–Trinajstić information content (AvgIpc) is 2.27. The van der Waals surface area contributed by atoms with E-state index in [1.807, 2.05) is 32.9 Å². The summed E-state index contributed by atoms with van der Waals surface area (Å²) >= 11 is 0. The van der Waals surface area contributed by atoms with Gasteiger partial charge >= 0.3 is 0 Å². The second kappa shape index (κ2) is 4.69. The molecule has 2 aromatic rings. The first-order chi connectivity index (χ1) is 8.49. The van der Waals surface area contributed by atoms with Crippen molar-refractivity contribution in [2.45, 2.75) is 20.8 Å². The molecule has 2 rings (SSSR count). The molecule has 0 fully saturated rings. The van der Waals surface area contributed by atoms with Crippen LogP contribution in [0, 0.1) is 26.6 Å². The lowest BCUT2D eigenvalue weighted by molar-refractivity contribution is 0.103. The second-order valence-corrected chi connectivity index (χ2v) is 4.49. The third kappa shape index (κ3) is 2.30. The zero-order valence-electron chi connectivity index (χ0n) is 10.6. The number of hydrogen-bond acceptors (Lipinski definition) is 2. The molecule has 0 aliphatic carbocycles. The van der Waals surface area contributed by atoms with E-state index in [1.165, 1.54) is 12.3 Å². The van der Waals surface area contributed by atoms with E-state index in [9.17, 15) is 9.18 Å². The van der Waals surface area contributed by atoms with E-state index < -0.39 is 5.82 Å².